The largest absolute Gasteiger partial charge is 0.330 e. The minimum absolute atomic E-state index is 0.700. The van der Waals surface area contributed by atoms with Gasteiger partial charge in [-0.2, -0.15) is 0 Å². The first-order valence-electron chi connectivity index (χ1n) is 6.76. The maximum Gasteiger partial charge on any atom is 0.0217 e. The molecule has 0 amide bonds. The number of piperidine rings is 1. The van der Waals surface area contributed by atoms with Crippen molar-refractivity contribution in [3.8, 4) is 0 Å². The third-order valence-electron chi connectivity index (χ3n) is 3.76. The first-order chi connectivity index (χ1) is 7.67. The zero-order valence-electron chi connectivity index (χ0n) is 11.3. The van der Waals surface area contributed by atoms with Crippen molar-refractivity contribution in [2.75, 3.05) is 40.3 Å². The van der Waals surface area contributed by atoms with E-state index in [0.717, 1.165) is 12.6 Å². The van der Waals surface area contributed by atoms with Gasteiger partial charge in [0.05, 0.1) is 0 Å². The van der Waals surface area contributed by atoms with Crippen molar-refractivity contribution < 1.29 is 0 Å². The van der Waals surface area contributed by atoms with Crippen LogP contribution < -0.4 is 5.73 Å². The number of likely N-dealkylation sites (N-methyl/N-ethyl adjacent to an activating group) is 1. The van der Waals surface area contributed by atoms with Gasteiger partial charge in [0.25, 0.3) is 0 Å². The second kappa shape index (κ2) is 7.25. The summed E-state index contributed by atoms with van der Waals surface area (Å²) >= 11 is 0. The Morgan fingerprint density at radius 1 is 1.44 bits per heavy atom. The van der Waals surface area contributed by atoms with Crippen molar-refractivity contribution >= 4 is 0 Å². The highest BCUT2D eigenvalue weighted by Crippen LogP contribution is 2.16. The number of rotatable bonds is 6. The van der Waals surface area contributed by atoms with E-state index in [2.05, 4.69) is 30.8 Å². The highest BCUT2D eigenvalue weighted by Gasteiger charge is 2.22. The van der Waals surface area contributed by atoms with Gasteiger partial charge in [-0.1, -0.05) is 13.3 Å². The van der Waals surface area contributed by atoms with E-state index in [1.807, 2.05) is 0 Å². The minimum atomic E-state index is 0.700. The van der Waals surface area contributed by atoms with E-state index in [0.29, 0.717) is 5.92 Å². The van der Waals surface area contributed by atoms with Crippen LogP contribution in [0.1, 0.15) is 32.6 Å². The van der Waals surface area contributed by atoms with Crippen LogP contribution >= 0.6 is 0 Å². The Bertz CT molecular complexity index is 182. The average Bonchev–Trinajstić information content (AvgIpc) is 2.29. The highest BCUT2D eigenvalue weighted by molar-refractivity contribution is 4.79. The Hall–Kier alpha value is -0.120. The summed E-state index contributed by atoms with van der Waals surface area (Å²) in [7, 11) is 4.39. The quantitative estimate of drug-likeness (QED) is 0.744. The molecule has 3 nitrogen and oxygen atoms in total. The van der Waals surface area contributed by atoms with Crippen molar-refractivity contribution in [1.82, 2.24) is 9.80 Å². The van der Waals surface area contributed by atoms with Gasteiger partial charge in [-0.25, -0.2) is 0 Å². The maximum atomic E-state index is 5.83. The second-order valence-corrected chi connectivity index (χ2v) is 5.41. The van der Waals surface area contributed by atoms with Crippen molar-refractivity contribution in [2.24, 2.45) is 11.7 Å². The predicted molar refractivity (Wildman–Crippen MR) is 70.6 cm³/mol. The molecule has 1 aliphatic heterocycles. The molecule has 1 fully saturated rings. The standard InChI is InChI=1S/C13H29N3/c1-4-6-12(9-14)10-16-8-5-7-13(11-16)15(2)3/h12-13H,4-11,14H2,1-3H3. The molecule has 1 heterocycles. The molecule has 0 saturated carbocycles. The van der Waals surface area contributed by atoms with Crippen LogP contribution in [0.2, 0.25) is 0 Å². The summed E-state index contributed by atoms with van der Waals surface area (Å²) in [5.41, 5.74) is 5.83. The monoisotopic (exact) mass is 227 g/mol. The Labute approximate surface area is 101 Å². The van der Waals surface area contributed by atoms with Crippen molar-refractivity contribution in [3.05, 3.63) is 0 Å². The summed E-state index contributed by atoms with van der Waals surface area (Å²) < 4.78 is 0. The zero-order chi connectivity index (χ0) is 12.0. The van der Waals surface area contributed by atoms with E-state index in [-0.39, 0.29) is 0 Å². The van der Waals surface area contributed by atoms with Crippen LogP contribution in [0.4, 0.5) is 0 Å². The summed E-state index contributed by atoms with van der Waals surface area (Å²) in [4.78, 5) is 4.98. The average molecular weight is 227 g/mol. The molecule has 1 aliphatic rings. The Morgan fingerprint density at radius 2 is 2.19 bits per heavy atom. The van der Waals surface area contributed by atoms with Gasteiger partial charge in [-0.3, -0.25) is 0 Å². The third kappa shape index (κ3) is 4.40. The number of hydrogen-bond acceptors (Lipinski definition) is 3. The SMILES string of the molecule is CCCC(CN)CN1CCCC(N(C)C)C1. The Morgan fingerprint density at radius 3 is 2.75 bits per heavy atom. The first-order valence-corrected chi connectivity index (χ1v) is 6.76. The Kier molecular flexibility index (Phi) is 6.32. The lowest BCUT2D eigenvalue weighted by atomic mass is 9.99. The molecule has 0 bridgehead atoms. The fraction of sp³-hybridized carbons (Fsp3) is 1.00. The molecule has 0 aromatic carbocycles. The van der Waals surface area contributed by atoms with Crippen LogP contribution in [0.15, 0.2) is 0 Å². The number of nitrogens with two attached hydrogens (primary N) is 1. The normalized spacial score (nSPS) is 24.9. The lowest BCUT2D eigenvalue weighted by Gasteiger charge is -2.37. The van der Waals surface area contributed by atoms with Crippen molar-refractivity contribution in [1.29, 1.82) is 0 Å². The van der Waals surface area contributed by atoms with Crippen LogP contribution in [0, 0.1) is 5.92 Å². The van der Waals surface area contributed by atoms with Crippen LogP contribution in [-0.2, 0) is 0 Å². The van der Waals surface area contributed by atoms with Gasteiger partial charge in [0.2, 0.25) is 0 Å². The van der Waals surface area contributed by atoms with Crippen LogP contribution in [0.25, 0.3) is 0 Å². The molecule has 0 aromatic heterocycles. The molecule has 1 rings (SSSR count). The summed E-state index contributed by atoms with van der Waals surface area (Å²) in [5.74, 6) is 0.700. The second-order valence-electron chi connectivity index (χ2n) is 5.41. The van der Waals surface area contributed by atoms with Gasteiger partial charge in [0.15, 0.2) is 0 Å². The zero-order valence-corrected chi connectivity index (χ0v) is 11.3. The van der Waals surface area contributed by atoms with Crippen molar-refractivity contribution in [3.63, 3.8) is 0 Å². The van der Waals surface area contributed by atoms with Gasteiger partial charge in [0, 0.05) is 19.1 Å². The minimum Gasteiger partial charge on any atom is -0.330 e. The van der Waals surface area contributed by atoms with E-state index >= 15 is 0 Å². The van der Waals surface area contributed by atoms with Gasteiger partial charge < -0.3 is 15.5 Å². The molecule has 16 heavy (non-hydrogen) atoms. The number of likely N-dealkylation sites (tertiary alicyclic amines) is 1. The molecule has 0 aromatic rings. The molecule has 2 N–H and O–H groups in total. The molecule has 2 atom stereocenters. The fourth-order valence-electron chi connectivity index (χ4n) is 2.68. The lowest BCUT2D eigenvalue weighted by Crippen LogP contribution is -2.47. The molecule has 0 aliphatic carbocycles. The molecule has 1 saturated heterocycles. The number of nitrogens with zero attached hydrogens (tertiary/aromatic N) is 2. The van der Waals surface area contributed by atoms with Crippen LogP contribution in [-0.4, -0.2) is 56.1 Å². The molecule has 0 spiro atoms. The predicted octanol–water partition coefficient (Wildman–Crippen LogP) is 1.39. The summed E-state index contributed by atoms with van der Waals surface area (Å²) in [6.07, 6.45) is 5.23. The van der Waals surface area contributed by atoms with E-state index in [1.54, 1.807) is 0 Å². The lowest BCUT2D eigenvalue weighted by molar-refractivity contribution is 0.117. The smallest absolute Gasteiger partial charge is 0.0217 e. The topological polar surface area (TPSA) is 32.5 Å². The summed E-state index contributed by atoms with van der Waals surface area (Å²) in [5, 5.41) is 0. The van der Waals surface area contributed by atoms with E-state index < -0.39 is 0 Å². The van der Waals surface area contributed by atoms with Crippen molar-refractivity contribution in [2.45, 2.75) is 38.6 Å². The fourth-order valence-corrected chi connectivity index (χ4v) is 2.68. The van der Waals surface area contributed by atoms with Crippen LogP contribution in [0.3, 0.4) is 0 Å². The number of hydrogen-bond donors (Lipinski definition) is 1. The van der Waals surface area contributed by atoms with Gasteiger partial charge >= 0.3 is 0 Å². The van der Waals surface area contributed by atoms with E-state index in [9.17, 15) is 0 Å². The van der Waals surface area contributed by atoms with E-state index in [4.69, 9.17) is 5.73 Å². The summed E-state index contributed by atoms with van der Waals surface area (Å²) in [6, 6.07) is 0.744. The summed E-state index contributed by atoms with van der Waals surface area (Å²) in [6.45, 7) is 6.80. The molecule has 3 heteroatoms. The molecule has 96 valence electrons. The maximum absolute atomic E-state index is 5.83. The van der Waals surface area contributed by atoms with Gasteiger partial charge in [-0.15, -0.1) is 0 Å². The van der Waals surface area contributed by atoms with E-state index in [1.165, 1.54) is 45.3 Å². The molecular formula is C13H29N3. The highest BCUT2D eigenvalue weighted by atomic mass is 15.2. The van der Waals surface area contributed by atoms with Gasteiger partial charge in [0.1, 0.15) is 0 Å². The molecule has 2 unspecified atom stereocenters. The Balaban J connectivity index is 2.35. The van der Waals surface area contributed by atoms with Crippen LogP contribution in [0.5, 0.6) is 0 Å². The van der Waals surface area contributed by atoms with Gasteiger partial charge in [-0.05, 0) is 52.4 Å². The third-order valence-corrected chi connectivity index (χ3v) is 3.76. The molecular weight excluding hydrogens is 198 g/mol. The first kappa shape index (κ1) is 13.9. The molecule has 0 radical (unpaired) electrons.